The van der Waals surface area contributed by atoms with Crippen LogP contribution in [0.3, 0.4) is 0 Å². The smallest absolute Gasteiger partial charge is 0.159 e. The molecule has 0 saturated carbocycles. The van der Waals surface area contributed by atoms with E-state index in [-0.39, 0.29) is 0 Å². The van der Waals surface area contributed by atoms with Crippen molar-refractivity contribution in [2.45, 2.75) is 27.3 Å². The van der Waals surface area contributed by atoms with E-state index in [2.05, 4.69) is 29.1 Å². The number of ether oxygens (including phenoxy) is 1. The Hall–Kier alpha value is -1.94. The first-order valence-corrected chi connectivity index (χ1v) is 7.45. The summed E-state index contributed by atoms with van der Waals surface area (Å²) in [5.41, 5.74) is 1.98. The van der Waals surface area contributed by atoms with Crippen LogP contribution in [0.2, 0.25) is 0 Å². The third-order valence-electron chi connectivity index (χ3n) is 2.98. The van der Waals surface area contributed by atoms with Crippen LogP contribution in [0, 0.1) is 5.92 Å². The van der Waals surface area contributed by atoms with Crippen molar-refractivity contribution >= 4 is 0 Å². The van der Waals surface area contributed by atoms with E-state index in [1.54, 1.807) is 0 Å². The molecule has 0 bridgehead atoms. The first-order chi connectivity index (χ1) is 10.2. The molecule has 0 unspecified atom stereocenters. The normalized spacial score (nSPS) is 10.9. The molecule has 0 fully saturated rings. The topological polar surface area (TPSA) is 47.0 Å². The average molecular weight is 285 g/mol. The Labute approximate surface area is 126 Å². The first kappa shape index (κ1) is 15.4. The summed E-state index contributed by atoms with van der Waals surface area (Å²) in [6.07, 6.45) is 1.81. The second-order valence-electron chi connectivity index (χ2n) is 5.36. The number of aromatic nitrogens is 2. The summed E-state index contributed by atoms with van der Waals surface area (Å²) >= 11 is 0. The lowest BCUT2D eigenvalue weighted by Gasteiger charge is -2.08. The van der Waals surface area contributed by atoms with Crippen LogP contribution in [0.1, 0.15) is 26.5 Å². The lowest BCUT2D eigenvalue weighted by Crippen LogP contribution is -2.19. The van der Waals surface area contributed by atoms with Crippen molar-refractivity contribution in [1.29, 1.82) is 0 Å². The van der Waals surface area contributed by atoms with Gasteiger partial charge in [-0.1, -0.05) is 26.0 Å². The number of hydrogen-bond acceptors (Lipinski definition) is 4. The van der Waals surface area contributed by atoms with Crippen LogP contribution >= 0.6 is 0 Å². The molecule has 0 saturated heterocycles. The minimum absolute atomic E-state index is 0.634. The molecule has 0 aliphatic heterocycles. The fourth-order valence-corrected chi connectivity index (χ4v) is 2.01. The van der Waals surface area contributed by atoms with Crippen LogP contribution < -0.4 is 10.1 Å². The highest BCUT2D eigenvalue weighted by Crippen LogP contribution is 2.20. The Kier molecular flexibility index (Phi) is 5.69. The van der Waals surface area contributed by atoms with Gasteiger partial charge < -0.3 is 10.1 Å². The van der Waals surface area contributed by atoms with E-state index in [4.69, 9.17) is 4.74 Å². The SMILES string of the molecule is CCOc1cccc(-c2nccc(CNCC(C)C)n2)c1. The Balaban J connectivity index is 2.11. The summed E-state index contributed by atoms with van der Waals surface area (Å²) in [6, 6.07) is 9.84. The first-order valence-electron chi connectivity index (χ1n) is 7.45. The molecule has 2 aromatic rings. The average Bonchev–Trinajstić information content (AvgIpc) is 2.48. The van der Waals surface area contributed by atoms with E-state index in [9.17, 15) is 0 Å². The molecule has 0 atom stereocenters. The van der Waals surface area contributed by atoms with Crippen molar-refractivity contribution < 1.29 is 4.74 Å². The van der Waals surface area contributed by atoms with Gasteiger partial charge in [0.1, 0.15) is 5.75 Å². The van der Waals surface area contributed by atoms with Crippen LogP contribution in [-0.4, -0.2) is 23.1 Å². The van der Waals surface area contributed by atoms with E-state index in [0.29, 0.717) is 12.5 Å². The van der Waals surface area contributed by atoms with Gasteiger partial charge >= 0.3 is 0 Å². The summed E-state index contributed by atoms with van der Waals surface area (Å²) < 4.78 is 5.52. The molecule has 4 nitrogen and oxygen atoms in total. The summed E-state index contributed by atoms with van der Waals surface area (Å²) in [6.45, 7) is 8.76. The van der Waals surface area contributed by atoms with Gasteiger partial charge in [-0.25, -0.2) is 9.97 Å². The Bertz CT molecular complexity index is 569. The van der Waals surface area contributed by atoms with Gasteiger partial charge in [-0.15, -0.1) is 0 Å². The molecular formula is C17H23N3O. The van der Waals surface area contributed by atoms with Gasteiger partial charge in [0.25, 0.3) is 0 Å². The Morgan fingerprint density at radius 1 is 1.24 bits per heavy atom. The van der Waals surface area contributed by atoms with Crippen LogP contribution in [0.25, 0.3) is 11.4 Å². The van der Waals surface area contributed by atoms with Gasteiger partial charge in [-0.05, 0) is 37.6 Å². The molecular weight excluding hydrogens is 262 g/mol. The van der Waals surface area contributed by atoms with Gasteiger partial charge in [0.2, 0.25) is 0 Å². The number of benzene rings is 1. The predicted octanol–water partition coefficient (Wildman–Crippen LogP) is 3.29. The molecule has 0 spiro atoms. The maximum atomic E-state index is 5.52. The summed E-state index contributed by atoms with van der Waals surface area (Å²) in [4.78, 5) is 8.97. The number of hydrogen-bond donors (Lipinski definition) is 1. The van der Waals surface area contributed by atoms with E-state index >= 15 is 0 Å². The van der Waals surface area contributed by atoms with Crippen LogP contribution in [0.15, 0.2) is 36.5 Å². The summed E-state index contributed by atoms with van der Waals surface area (Å²) in [5, 5.41) is 3.40. The Morgan fingerprint density at radius 2 is 2.10 bits per heavy atom. The largest absolute Gasteiger partial charge is 0.494 e. The monoisotopic (exact) mass is 285 g/mol. The molecule has 0 amide bonds. The molecule has 1 aromatic heterocycles. The highest BCUT2D eigenvalue weighted by Gasteiger charge is 2.04. The van der Waals surface area contributed by atoms with Crippen LogP contribution in [-0.2, 0) is 6.54 Å². The lowest BCUT2D eigenvalue weighted by atomic mass is 10.2. The van der Waals surface area contributed by atoms with Crippen molar-refractivity contribution in [3.8, 4) is 17.1 Å². The maximum Gasteiger partial charge on any atom is 0.159 e. The zero-order chi connectivity index (χ0) is 15.1. The van der Waals surface area contributed by atoms with Crippen molar-refractivity contribution in [3.63, 3.8) is 0 Å². The molecule has 4 heteroatoms. The van der Waals surface area contributed by atoms with E-state index in [1.807, 2.05) is 43.5 Å². The third kappa shape index (κ3) is 4.83. The van der Waals surface area contributed by atoms with Gasteiger partial charge in [-0.3, -0.25) is 0 Å². The zero-order valence-electron chi connectivity index (χ0n) is 13.0. The molecule has 0 aliphatic carbocycles. The highest BCUT2D eigenvalue weighted by atomic mass is 16.5. The fraction of sp³-hybridized carbons (Fsp3) is 0.412. The predicted molar refractivity (Wildman–Crippen MR) is 85.2 cm³/mol. The van der Waals surface area contributed by atoms with Gasteiger partial charge in [-0.2, -0.15) is 0 Å². The van der Waals surface area contributed by atoms with E-state index < -0.39 is 0 Å². The second kappa shape index (κ2) is 7.74. The fourth-order valence-electron chi connectivity index (χ4n) is 2.01. The molecule has 1 N–H and O–H groups in total. The van der Waals surface area contributed by atoms with E-state index in [1.165, 1.54) is 0 Å². The van der Waals surface area contributed by atoms with Crippen molar-refractivity contribution in [3.05, 3.63) is 42.2 Å². The zero-order valence-corrected chi connectivity index (χ0v) is 13.0. The Morgan fingerprint density at radius 3 is 2.86 bits per heavy atom. The van der Waals surface area contributed by atoms with Gasteiger partial charge in [0.05, 0.1) is 12.3 Å². The summed E-state index contributed by atoms with van der Waals surface area (Å²) in [5.74, 6) is 2.22. The van der Waals surface area contributed by atoms with Crippen molar-refractivity contribution in [2.24, 2.45) is 5.92 Å². The maximum absolute atomic E-state index is 5.52. The second-order valence-corrected chi connectivity index (χ2v) is 5.36. The molecule has 0 aliphatic rings. The number of rotatable bonds is 7. The summed E-state index contributed by atoms with van der Waals surface area (Å²) in [7, 11) is 0. The van der Waals surface area contributed by atoms with Crippen LogP contribution in [0.4, 0.5) is 0 Å². The third-order valence-corrected chi connectivity index (χ3v) is 2.98. The lowest BCUT2D eigenvalue weighted by molar-refractivity contribution is 0.340. The highest BCUT2D eigenvalue weighted by molar-refractivity contribution is 5.57. The minimum atomic E-state index is 0.634. The quantitative estimate of drug-likeness (QED) is 0.848. The van der Waals surface area contributed by atoms with Crippen molar-refractivity contribution in [2.75, 3.05) is 13.2 Å². The number of nitrogens with zero attached hydrogens (tertiary/aromatic N) is 2. The molecule has 1 heterocycles. The standard InChI is InChI=1S/C17H23N3O/c1-4-21-16-7-5-6-14(10-16)17-19-9-8-15(20-17)12-18-11-13(2)3/h5-10,13,18H,4,11-12H2,1-3H3. The molecule has 112 valence electrons. The van der Waals surface area contributed by atoms with Crippen LogP contribution in [0.5, 0.6) is 5.75 Å². The van der Waals surface area contributed by atoms with E-state index in [0.717, 1.165) is 35.9 Å². The van der Waals surface area contributed by atoms with Gasteiger partial charge in [0.15, 0.2) is 5.82 Å². The van der Waals surface area contributed by atoms with Crippen molar-refractivity contribution in [1.82, 2.24) is 15.3 Å². The molecule has 21 heavy (non-hydrogen) atoms. The molecule has 0 radical (unpaired) electrons. The van der Waals surface area contributed by atoms with Gasteiger partial charge in [0, 0.05) is 18.3 Å². The number of nitrogens with one attached hydrogen (secondary N) is 1. The molecule has 2 rings (SSSR count). The minimum Gasteiger partial charge on any atom is -0.494 e. The molecule has 1 aromatic carbocycles.